The molecule has 0 bridgehead atoms. The number of amides is 1. The van der Waals surface area contributed by atoms with Gasteiger partial charge in [0, 0.05) is 42.9 Å². The molecule has 2 fully saturated rings. The fourth-order valence-electron chi connectivity index (χ4n) is 4.21. The third kappa shape index (κ3) is 6.12. The van der Waals surface area contributed by atoms with Crippen LogP contribution in [0.5, 0.6) is 0 Å². The van der Waals surface area contributed by atoms with E-state index in [9.17, 15) is 4.79 Å². The van der Waals surface area contributed by atoms with Gasteiger partial charge in [-0.2, -0.15) is 5.26 Å². The second kappa shape index (κ2) is 9.96. The number of nitrogens with one attached hydrogen (secondary N) is 1. The fraction of sp³-hybridized carbons (Fsp3) is 0.619. The number of rotatable bonds is 6. The van der Waals surface area contributed by atoms with Gasteiger partial charge in [-0.1, -0.05) is 17.7 Å². The van der Waals surface area contributed by atoms with Crippen LogP contribution in [0.3, 0.4) is 0 Å². The van der Waals surface area contributed by atoms with Crippen molar-refractivity contribution >= 4 is 23.2 Å². The predicted molar refractivity (Wildman–Crippen MR) is 109 cm³/mol. The zero-order chi connectivity index (χ0) is 19.1. The summed E-state index contributed by atoms with van der Waals surface area (Å²) < 4.78 is 0. The van der Waals surface area contributed by atoms with Crippen LogP contribution >= 0.6 is 11.6 Å². The average Bonchev–Trinajstić information content (AvgIpc) is 2.68. The van der Waals surface area contributed by atoms with Gasteiger partial charge in [0.25, 0.3) is 0 Å². The quantitative estimate of drug-likeness (QED) is 0.810. The molecule has 1 saturated carbocycles. The maximum Gasteiger partial charge on any atom is 0.234 e. The van der Waals surface area contributed by atoms with Gasteiger partial charge in [0.2, 0.25) is 5.91 Å². The second-order valence-corrected chi connectivity index (χ2v) is 8.15. The summed E-state index contributed by atoms with van der Waals surface area (Å²) in [6.07, 6.45) is 5.67. The van der Waals surface area contributed by atoms with Crippen LogP contribution < -0.4 is 10.2 Å². The van der Waals surface area contributed by atoms with Crippen molar-refractivity contribution in [2.45, 2.75) is 44.6 Å². The average molecular weight is 389 g/mol. The summed E-state index contributed by atoms with van der Waals surface area (Å²) in [6.45, 7) is 5.48. The summed E-state index contributed by atoms with van der Waals surface area (Å²) in [4.78, 5) is 16.5. The largest absolute Gasteiger partial charge is 0.369 e. The van der Waals surface area contributed by atoms with E-state index in [1.54, 1.807) is 0 Å². The highest BCUT2D eigenvalue weighted by Crippen LogP contribution is 2.27. The third-order valence-electron chi connectivity index (χ3n) is 5.85. The standard InChI is InChI=1S/C21H29ClN4O/c22-18-2-1-3-20(16-18)26-14-12-25(13-15-26)11-9-17-4-6-19(7-5-17)24-21(27)8-10-23/h1-3,16-17,19H,4-9,11-15H2,(H,24,27)/t17-,19-. The number of hydrogen-bond acceptors (Lipinski definition) is 4. The molecule has 2 aliphatic rings. The Kier molecular flexibility index (Phi) is 7.37. The van der Waals surface area contributed by atoms with Gasteiger partial charge in [0.05, 0.1) is 6.07 Å². The molecule has 146 valence electrons. The first-order valence-corrected chi connectivity index (χ1v) is 10.4. The van der Waals surface area contributed by atoms with Gasteiger partial charge in [-0.3, -0.25) is 9.69 Å². The van der Waals surface area contributed by atoms with E-state index in [1.165, 1.54) is 31.5 Å². The van der Waals surface area contributed by atoms with E-state index in [2.05, 4.69) is 21.2 Å². The van der Waals surface area contributed by atoms with Gasteiger partial charge in [-0.05, 0) is 62.8 Å². The summed E-state index contributed by atoms with van der Waals surface area (Å²) >= 11 is 6.11. The highest BCUT2D eigenvalue weighted by atomic mass is 35.5. The number of anilines is 1. The van der Waals surface area contributed by atoms with Crippen LogP contribution in [0.1, 0.15) is 38.5 Å². The van der Waals surface area contributed by atoms with Gasteiger partial charge in [-0.25, -0.2) is 0 Å². The SMILES string of the molecule is N#CCC(=O)N[C@H]1CC[C@H](CCN2CCN(c3cccc(Cl)c3)CC2)CC1. The van der Waals surface area contributed by atoms with Crippen molar-refractivity contribution in [2.24, 2.45) is 5.92 Å². The van der Waals surface area contributed by atoms with E-state index in [1.807, 2.05) is 24.3 Å². The Bertz CT molecular complexity index is 658. The van der Waals surface area contributed by atoms with Crippen molar-refractivity contribution < 1.29 is 4.79 Å². The number of benzene rings is 1. The molecular formula is C21H29ClN4O. The first kappa shape index (κ1) is 20.0. The lowest BCUT2D eigenvalue weighted by molar-refractivity contribution is -0.121. The van der Waals surface area contributed by atoms with E-state index in [0.717, 1.165) is 50.0 Å². The highest BCUT2D eigenvalue weighted by molar-refractivity contribution is 6.30. The first-order chi connectivity index (χ1) is 13.1. The number of piperazine rings is 1. The van der Waals surface area contributed by atoms with E-state index >= 15 is 0 Å². The minimum Gasteiger partial charge on any atom is -0.369 e. The van der Waals surface area contributed by atoms with Crippen molar-refractivity contribution in [1.82, 2.24) is 10.2 Å². The molecule has 1 heterocycles. The van der Waals surface area contributed by atoms with E-state index in [-0.39, 0.29) is 18.4 Å². The molecule has 1 aromatic carbocycles. The molecule has 0 unspecified atom stereocenters. The molecule has 0 radical (unpaired) electrons. The summed E-state index contributed by atoms with van der Waals surface area (Å²) in [5.41, 5.74) is 1.22. The second-order valence-electron chi connectivity index (χ2n) is 7.72. The number of hydrogen-bond donors (Lipinski definition) is 1. The molecule has 0 aromatic heterocycles. The maximum atomic E-state index is 11.5. The normalized spacial score (nSPS) is 23.6. The Hall–Kier alpha value is -1.77. The first-order valence-electron chi connectivity index (χ1n) is 10.0. The molecule has 1 aromatic rings. The lowest BCUT2D eigenvalue weighted by Gasteiger charge is -2.37. The molecule has 5 nitrogen and oxygen atoms in total. The van der Waals surface area contributed by atoms with Gasteiger partial charge >= 0.3 is 0 Å². The smallest absolute Gasteiger partial charge is 0.234 e. The van der Waals surface area contributed by atoms with Crippen LogP contribution in [-0.2, 0) is 4.79 Å². The minimum atomic E-state index is -0.126. The lowest BCUT2D eigenvalue weighted by Crippen LogP contribution is -2.47. The summed E-state index contributed by atoms with van der Waals surface area (Å²) in [7, 11) is 0. The van der Waals surface area contributed by atoms with Gasteiger partial charge in [0.15, 0.2) is 0 Å². The number of carbonyl (C=O) groups is 1. The molecule has 3 rings (SSSR count). The summed E-state index contributed by atoms with van der Waals surface area (Å²) in [5, 5.41) is 12.4. The Balaban J connectivity index is 1.33. The number of halogens is 1. The van der Waals surface area contributed by atoms with Gasteiger partial charge < -0.3 is 10.2 Å². The van der Waals surface area contributed by atoms with E-state index in [4.69, 9.17) is 16.9 Å². The van der Waals surface area contributed by atoms with E-state index in [0.29, 0.717) is 0 Å². The van der Waals surface area contributed by atoms with Crippen molar-refractivity contribution in [3.8, 4) is 6.07 Å². The maximum absolute atomic E-state index is 11.5. The Morgan fingerprint density at radius 2 is 1.93 bits per heavy atom. The molecule has 27 heavy (non-hydrogen) atoms. The van der Waals surface area contributed by atoms with Crippen molar-refractivity contribution in [3.63, 3.8) is 0 Å². The van der Waals surface area contributed by atoms with Gasteiger partial charge in [-0.15, -0.1) is 0 Å². The Morgan fingerprint density at radius 3 is 2.59 bits per heavy atom. The molecule has 0 spiro atoms. The number of nitrogens with zero attached hydrogens (tertiary/aromatic N) is 3. The highest BCUT2D eigenvalue weighted by Gasteiger charge is 2.24. The van der Waals surface area contributed by atoms with E-state index < -0.39 is 0 Å². The molecule has 1 amide bonds. The molecule has 1 aliphatic carbocycles. The monoisotopic (exact) mass is 388 g/mol. The molecular weight excluding hydrogens is 360 g/mol. The molecule has 0 atom stereocenters. The van der Waals surface area contributed by atoms with Crippen LogP contribution in [0.25, 0.3) is 0 Å². The third-order valence-corrected chi connectivity index (χ3v) is 6.09. The topological polar surface area (TPSA) is 59.4 Å². The molecule has 6 heteroatoms. The van der Waals surface area contributed by atoms with Crippen molar-refractivity contribution in [2.75, 3.05) is 37.6 Å². The summed E-state index contributed by atoms with van der Waals surface area (Å²) in [5.74, 6) is 0.638. The molecule has 1 N–H and O–H groups in total. The Labute approximate surface area is 167 Å². The van der Waals surface area contributed by atoms with Crippen LogP contribution in [0, 0.1) is 17.2 Å². The minimum absolute atomic E-state index is 0.0267. The van der Waals surface area contributed by atoms with Crippen LogP contribution in [0.4, 0.5) is 5.69 Å². The number of carbonyl (C=O) groups excluding carboxylic acids is 1. The van der Waals surface area contributed by atoms with Crippen LogP contribution in [0.15, 0.2) is 24.3 Å². The fourth-order valence-corrected chi connectivity index (χ4v) is 4.40. The Morgan fingerprint density at radius 1 is 1.19 bits per heavy atom. The molecule has 1 aliphatic heterocycles. The lowest BCUT2D eigenvalue weighted by atomic mass is 9.84. The van der Waals surface area contributed by atoms with Gasteiger partial charge in [0.1, 0.15) is 6.42 Å². The summed E-state index contributed by atoms with van der Waals surface area (Å²) in [6, 6.07) is 10.3. The van der Waals surface area contributed by atoms with Crippen molar-refractivity contribution in [3.05, 3.63) is 29.3 Å². The van der Waals surface area contributed by atoms with Crippen LogP contribution in [0.2, 0.25) is 5.02 Å². The zero-order valence-corrected chi connectivity index (χ0v) is 16.6. The van der Waals surface area contributed by atoms with Crippen molar-refractivity contribution in [1.29, 1.82) is 5.26 Å². The zero-order valence-electron chi connectivity index (χ0n) is 15.9. The predicted octanol–water partition coefficient (Wildman–Crippen LogP) is 3.44. The number of nitriles is 1. The molecule has 1 saturated heterocycles. The van der Waals surface area contributed by atoms with Crippen LogP contribution in [-0.4, -0.2) is 49.6 Å².